The molecular weight excluding hydrogens is 254 g/mol. The van der Waals surface area contributed by atoms with Crippen molar-refractivity contribution >= 4 is 23.3 Å². The topological polar surface area (TPSA) is 59.3 Å². The maximum atomic E-state index is 11.7. The van der Waals surface area contributed by atoms with Crippen molar-refractivity contribution in [3.05, 3.63) is 59.0 Å². The second kappa shape index (κ2) is 5.51. The Hall–Kier alpha value is -2.07. The van der Waals surface area contributed by atoms with E-state index in [0.29, 0.717) is 10.6 Å². The predicted octanol–water partition coefficient (Wildman–Crippen LogP) is 2.55. The van der Waals surface area contributed by atoms with Crippen LogP contribution in [0.2, 0.25) is 5.02 Å². The number of carbonyl (C=O) groups is 2. The number of ketones is 1. The van der Waals surface area contributed by atoms with Gasteiger partial charge < -0.3 is 9.73 Å². The molecule has 5 heteroatoms. The summed E-state index contributed by atoms with van der Waals surface area (Å²) >= 11 is 5.71. The Morgan fingerprint density at radius 3 is 2.50 bits per heavy atom. The van der Waals surface area contributed by atoms with E-state index in [4.69, 9.17) is 16.0 Å². The van der Waals surface area contributed by atoms with Crippen molar-refractivity contribution in [1.82, 2.24) is 5.32 Å². The maximum Gasteiger partial charge on any atom is 0.251 e. The molecule has 1 aromatic carbocycles. The third-order valence-electron chi connectivity index (χ3n) is 2.31. The molecule has 0 atom stereocenters. The van der Waals surface area contributed by atoms with Crippen molar-refractivity contribution in [1.29, 1.82) is 0 Å². The fourth-order valence-corrected chi connectivity index (χ4v) is 1.51. The summed E-state index contributed by atoms with van der Waals surface area (Å²) < 4.78 is 4.93. The van der Waals surface area contributed by atoms with Crippen LogP contribution < -0.4 is 5.32 Å². The minimum absolute atomic E-state index is 0.102. The van der Waals surface area contributed by atoms with Gasteiger partial charge >= 0.3 is 0 Å². The van der Waals surface area contributed by atoms with Crippen LogP contribution in [0, 0.1) is 0 Å². The minimum Gasteiger partial charge on any atom is -0.461 e. The number of nitrogens with one attached hydrogen (secondary N) is 1. The highest BCUT2D eigenvalue weighted by Crippen LogP contribution is 2.09. The summed E-state index contributed by atoms with van der Waals surface area (Å²) in [5, 5.41) is 3.07. The lowest BCUT2D eigenvalue weighted by molar-refractivity contribution is 0.0892. The number of hydrogen-bond donors (Lipinski definition) is 1. The lowest BCUT2D eigenvalue weighted by atomic mass is 10.2. The molecule has 2 rings (SSSR count). The molecule has 1 aromatic heterocycles. The Morgan fingerprint density at radius 2 is 1.89 bits per heavy atom. The molecule has 2 aromatic rings. The highest BCUT2D eigenvalue weighted by molar-refractivity contribution is 6.30. The molecule has 0 saturated carbocycles. The first-order chi connectivity index (χ1) is 8.66. The lowest BCUT2D eigenvalue weighted by Gasteiger charge is -2.03. The molecule has 1 amide bonds. The van der Waals surface area contributed by atoms with Gasteiger partial charge in [0.05, 0.1) is 12.8 Å². The molecule has 0 unspecified atom stereocenters. The summed E-state index contributed by atoms with van der Waals surface area (Å²) in [5.41, 5.74) is 0.451. The van der Waals surface area contributed by atoms with E-state index >= 15 is 0 Å². The van der Waals surface area contributed by atoms with Crippen LogP contribution in [-0.4, -0.2) is 18.2 Å². The van der Waals surface area contributed by atoms with Gasteiger partial charge in [-0.2, -0.15) is 0 Å². The molecule has 92 valence electrons. The predicted molar refractivity (Wildman–Crippen MR) is 66.8 cm³/mol. The fourth-order valence-electron chi connectivity index (χ4n) is 1.39. The largest absolute Gasteiger partial charge is 0.461 e. The first-order valence-corrected chi connectivity index (χ1v) is 5.65. The second-order valence-electron chi connectivity index (χ2n) is 3.59. The highest BCUT2D eigenvalue weighted by Gasteiger charge is 2.11. The Balaban J connectivity index is 1.92. The molecule has 0 spiro atoms. The van der Waals surface area contributed by atoms with Crippen LogP contribution >= 0.6 is 11.6 Å². The van der Waals surface area contributed by atoms with Gasteiger partial charge in [-0.3, -0.25) is 9.59 Å². The van der Waals surface area contributed by atoms with Gasteiger partial charge in [0.1, 0.15) is 0 Å². The zero-order valence-electron chi connectivity index (χ0n) is 9.35. The number of furan rings is 1. The van der Waals surface area contributed by atoms with Crippen molar-refractivity contribution in [2.45, 2.75) is 0 Å². The lowest BCUT2D eigenvalue weighted by Crippen LogP contribution is -2.29. The smallest absolute Gasteiger partial charge is 0.251 e. The summed E-state index contributed by atoms with van der Waals surface area (Å²) in [6, 6.07) is 9.59. The van der Waals surface area contributed by atoms with E-state index < -0.39 is 0 Å². The average Bonchev–Trinajstić information content (AvgIpc) is 2.90. The number of halogens is 1. The first-order valence-electron chi connectivity index (χ1n) is 5.27. The fraction of sp³-hybridized carbons (Fsp3) is 0.0769. The number of benzene rings is 1. The van der Waals surface area contributed by atoms with E-state index in [1.807, 2.05) is 0 Å². The molecule has 0 fully saturated rings. The second-order valence-corrected chi connectivity index (χ2v) is 4.03. The van der Waals surface area contributed by atoms with Crippen molar-refractivity contribution in [3.8, 4) is 0 Å². The van der Waals surface area contributed by atoms with Crippen LogP contribution in [0.3, 0.4) is 0 Å². The van der Waals surface area contributed by atoms with Gasteiger partial charge in [0.2, 0.25) is 5.78 Å². The van der Waals surface area contributed by atoms with Crippen LogP contribution in [0.25, 0.3) is 0 Å². The SMILES string of the molecule is O=C(NCC(=O)c1ccco1)c1ccc(Cl)cc1. The Labute approximate surface area is 109 Å². The van der Waals surface area contributed by atoms with Crippen LogP contribution in [0.1, 0.15) is 20.9 Å². The molecule has 1 heterocycles. The van der Waals surface area contributed by atoms with E-state index in [0.717, 1.165) is 0 Å². The van der Waals surface area contributed by atoms with Gasteiger partial charge in [0.25, 0.3) is 5.91 Å². The molecule has 0 aliphatic rings. The number of rotatable bonds is 4. The van der Waals surface area contributed by atoms with Crippen LogP contribution in [-0.2, 0) is 0 Å². The highest BCUT2D eigenvalue weighted by atomic mass is 35.5. The van der Waals surface area contributed by atoms with Crippen molar-refractivity contribution < 1.29 is 14.0 Å². The molecule has 0 aliphatic heterocycles. The van der Waals surface area contributed by atoms with Crippen LogP contribution in [0.4, 0.5) is 0 Å². The summed E-state index contributed by atoms with van der Waals surface area (Å²) in [5.74, 6) is -0.375. The molecule has 0 bridgehead atoms. The summed E-state index contributed by atoms with van der Waals surface area (Å²) in [6.45, 7) is -0.102. The standard InChI is InChI=1S/C13H10ClNO3/c14-10-5-3-9(4-6-10)13(17)15-8-11(16)12-2-1-7-18-12/h1-7H,8H2,(H,15,17). The van der Waals surface area contributed by atoms with Crippen LogP contribution in [0.15, 0.2) is 47.1 Å². The zero-order valence-corrected chi connectivity index (χ0v) is 10.1. The molecule has 1 N–H and O–H groups in total. The third-order valence-corrected chi connectivity index (χ3v) is 2.56. The molecule has 18 heavy (non-hydrogen) atoms. The summed E-state index contributed by atoms with van der Waals surface area (Å²) in [6.07, 6.45) is 1.41. The van der Waals surface area contributed by atoms with Crippen LogP contribution in [0.5, 0.6) is 0 Å². The third kappa shape index (κ3) is 2.99. The van der Waals surface area contributed by atoms with Crippen molar-refractivity contribution in [3.63, 3.8) is 0 Å². The van der Waals surface area contributed by atoms with Gasteiger partial charge in [0, 0.05) is 10.6 Å². The van der Waals surface area contributed by atoms with Gasteiger partial charge in [-0.05, 0) is 36.4 Å². The molecule has 0 radical (unpaired) electrons. The zero-order chi connectivity index (χ0) is 13.0. The molecule has 4 nitrogen and oxygen atoms in total. The van der Waals surface area contributed by atoms with E-state index in [2.05, 4.69) is 5.32 Å². The first kappa shape index (κ1) is 12.4. The van der Waals surface area contributed by atoms with E-state index in [-0.39, 0.29) is 24.0 Å². The summed E-state index contributed by atoms with van der Waals surface area (Å²) in [4.78, 5) is 23.3. The molecule has 0 aliphatic carbocycles. The number of Topliss-reactive ketones (excluding diaryl/α,β-unsaturated/α-hetero) is 1. The van der Waals surface area contributed by atoms with Crippen molar-refractivity contribution in [2.24, 2.45) is 0 Å². The van der Waals surface area contributed by atoms with E-state index in [9.17, 15) is 9.59 Å². The quantitative estimate of drug-likeness (QED) is 0.863. The molecule has 0 saturated heterocycles. The number of carbonyl (C=O) groups excluding carboxylic acids is 2. The average molecular weight is 264 g/mol. The summed E-state index contributed by atoms with van der Waals surface area (Å²) in [7, 11) is 0. The van der Waals surface area contributed by atoms with Gasteiger partial charge in [-0.1, -0.05) is 11.6 Å². The number of amides is 1. The van der Waals surface area contributed by atoms with E-state index in [1.165, 1.54) is 6.26 Å². The van der Waals surface area contributed by atoms with Gasteiger partial charge in [-0.15, -0.1) is 0 Å². The van der Waals surface area contributed by atoms with Gasteiger partial charge in [0.15, 0.2) is 5.76 Å². The minimum atomic E-state index is -0.327. The Kier molecular flexibility index (Phi) is 3.79. The number of hydrogen-bond acceptors (Lipinski definition) is 3. The normalized spacial score (nSPS) is 10.1. The monoisotopic (exact) mass is 263 g/mol. The van der Waals surface area contributed by atoms with Crippen molar-refractivity contribution in [2.75, 3.05) is 6.54 Å². The molecular formula is C13H10ClNO3. The Bertz CT molecular complexity index is 546. The van der Waals surface area contributed by atoms with Gasteiger partial charge in [-0.25, -0.2) is 0 Å². The maximum absolute atomic E-state index is 11.7. The Morgan fingerprint density at radius 1 is 1.17 bits per heavy atom. The van der Waals surface area contributed by atoms with E-state index in [1.54, 1.807) is 36.4 Å².